The number of carbonyl (C=O) groups excluding carboxylic acids is 2. The predicted octanol–water partition coefficient (Wildman–Crippen LogP) is 0.916. The Morgan fingerprint density at radius 2 is 1.88 bits per heavy atom. The van der Waals surface area contributed by atoms with Crippen molar-refractivity contribution in [1.29, 1.82) is 0 Å². The highest BCUT2D eigenvalue weighted by molar-refractivity contribution is 7.89. The molecule has 1 aromatic heterocycles. The number of primary sulfonamides is 1. The van der Waals surface area contributed by atoms with Crippen LogP contribution in [0.2, 0.25) is 0 Å². The average molecular weight is 483 g/mol. The van der Waals surface area contributed by atoms with Gasteiger partial charge in [-0.15, -0.1) is 0 Å². The number of amides is 2. The first-order valence-corrected chi connectivity index (χ1v) is 12.6. The maximum atomic E-state index is 13.7. The molecule has 176 valence electrons. The van der Waals surface area contributed by atoms with Gasteiger partial charge in [0.25, 0.3) is 0 Å². The number of piperazine rings is 1. The van der Waals surface area contributed by atoms with Gasteiger partial charge in [0.2, 0.25) is 28.6 Å². The van der Waals surface area contributed by atoms with Crippen LogP contribution in [0.3, 0.4) is 0 Å². The molecular formula is C23H22N4O6S. The Morgan fingerprint density at radius 3 is 2.71 bits per heavy atom. The van der Waals surface area contributed by atoms with Gasteiger partial charge in [0.1, 0.15) is 12.1 Å². The zero-order valence-corrected chi connectivity index (χ0v) is 18.8. The van der Waals surface area contributed by atoms with Gasteiger partial charge in [0.05, 0.1) is 11.8 Å². The lowest BCUT2D eigenvalue weighted by molar-refractivity contribution is -0.152. The van der Waals surface area contributed by atoms with Crippen molar-refractivity contribution in [3.8, 4) is 11.5 Å². The third kappa shape index (κ3) is 3.31. The van der Waals surface area contributed by atoms with Crippen LogP contribution >= 0.6 is 0 Å². The number of ether oxygens (including phenoxy) is 2. The molecule has 1 fully saturated rings. The number of para-hydroxylation sites is 1. The maximum Gasteiger partial charge on any atom is 0.246 e. The Labute approximate surface area is 195 Å². The molecule has 3 aliphatic rings. The lowest BCUT2D eigenvalue weighted by atomic mass is 9.85. The van der Waals surface area contributed by atoms with Crippen molar-refractivity contribution in [2.75, 3.05) is 12.5 Å². The molecule has 6 rings (SSSR count). The second kappa shape index (κ2) is 7.47. The molecule has 34 heavy (non-hydrogen) atoms. The van der Waals surface area contributed by atoms with Crippen LogP contribution < -0.4 is 19.9 Å². The highest BCUT2D eigenvalue weighted by Gasteiger charge is 2.49. The van der Waals surface area contributed by atoms with Gasteiger partial charge in [-0.1, -0.05) is 24.3 Å². The Hall–Kier alpha value is -3.57. The molecule has 0 aliphatic carbocycles. The Morgan fingerprint density at radius 1 is 1.09 bits per heavy atom. The smallest absolute Gasteiger partial charge is 0.246 e. The van der Waals surface area contributed by atoms with E-state index < -0.39 is 33.9 Å². The van der Waals surface area contributed by atoms with E-state index in [9.17, 15) is 18.0 Å². The molecule has 4 N–H and O–H groups in total. The minimum Gasteiger partial charge on any atom is -0.454 e. The number of nitrogens with zero attached hydrogens (tertiary/aromatic N) is 1. The second-order valence-electron chi connectivity index (χ2n) is 8.76. The zero-order chi connectivity index (χ0) is 23.6. The van der Waals surface area contributed by atoms with Crippen molar-refractivity contribution in [3.05, 3.63) is 59.3 Å². The molecule has 3 aliphatic heterocycles. The number of sulfonamides is 1. The summed E-state index contributed by atoms with van der Waals surface area (Å²) < 4.78 is 34.0. The number of aromatic amines is 1. The Bertz CT molecular complexity index is 1450. The van der Waals surface area contributed by atoms with Crippen molar-refractivity contribution in [2.45, 2.75) is 31.0 Å². The van der Waals surface area contributed by atoms with Gasteiger partial charge in [0, 0.05) is 23.0 Å². The summed E-state index contributed by atoms with van der Waals surface area (Å²) in [6, 6.07) is 11.0. The first-order valence-electron chi connectivity index (χ1n) is 10.9. The van der Waals surface area contributed by atoms with Crippen LogP contribution in [0.25, 0.3) is 10.9 Å². The molecule has 1 saturated heterocycles. The van der Waals surface area contributed by atoms with Gasteiger partial charge in [-0.05, 0) is 35.7 Å². The lowest BCUT2D eigenvalue weighted by Gasteiger charge is -2.46. The lowest BCUT2D eigenvalue weighted by Crippen LogP contribution is -2.66. The van der Waals surface area contributed by atoms with Crippen molar-refractivity contribution in [1.82, 2.24) is 15.2 Å². The summed E-state index contributed by atoms with van der Waals surface area (Å²) in [6.45, 7) is 0.115. The third-order valence-electron chi connectivity index (χ3n) is 6.71. The molecular weight excluding hydrogens is 460 g/mol. The molecule has 0 radical (unpaired) electrons. The summed E-state index contributed by atoms with van der Waals surface area (Å²) in [6.07, 6.45) is 0.250. The minimum absolute atomic E-state index is 0.0972. The highest BCUT2D eigenvalue weighted by Crippen LogP contribution is 2.44. The summed E-state index contributed by atoms with van der Waals surface area (Å²) in [4.78, 5) is 31.9. The van der Waals surface area contributed by atoms with Crippen molar-refractivity contribution >= 4 is 32.7 Å². The average Bonchev–Trinajstić information content (AvgIpc) is 3.42. The predicted molar refractivity (Wildman–Crippen MR) is 122 cm³/mol. The van der Waals surface area contributed by atoms with Crippen LogP contribution in [0.1, 0.15) is 29.3 Å². The van der Waals surface area contributed by atoms with Crippen LogP contribution in [0, 0.1) is 0 Å². The number of hydrogen-bond donors (Lipinski definition) is 3. The summed E-state index contributed by atoms with van der Waals surface area (Å²) in [5, 5.41) is 8.86. The van der Waals surface area contributed by atoms with E-state index in [1.165, 1.54) is 0 Å². The number of rotatable bonds is 4. The monoisotopic (exact) mass is 482 g/mol. The van der Waals surface area contributed by atoms with Gasteiger partial charge in [0.15, 0.2) is 11.5 Å². The number of nitrogens with two attached hydrogens (primary N) is 1. The fourth-order valence-electron chi connectivity index (χ4n) is 5.18. The standard InChI is InChI=1S/C23H22N4O6S/c24-34(30,31)8-7-16-23(29)27-17(22(28)26-16)10-14-13-3-1-2-4-15(13)25-20(14)21(27)12-5-6-18-19(9-12)33-11-32-18/h1-6,9,16-17,21,25H,7-8,10-11H2,(H,26,28)(H2,24,30,31)/t16-,17?,21+/m0/s1. The summed E-state index contributed by atoms with van der Waals surface area (Å²) >= 11 is 0. The molecule has 2 amide bonds. The minimum atomic E-state index is -3.79. The molecule has 4 heterocycles. The third-order valence-corrected chi connectivity index (χ3v) is 7.51. The van der Waals surface area contributed by atoms with Crippen LogP contribution in [-0.4, -0.2) is 54.7 Å². The number of nitrogens with one attached hydrogen (secondary N) is 2. The number of carbonyl (C=O) groups is 2. The molecule has 0 spiro atoms. The van der Waals surface area contributed by atoms with E-state index in [2.05, 4.69) is 10.3 Å². The normalized spacial score (nSPS) is 23.6. The number of hydrogen-bond acceptors (Lipinski definition) is 6. The molecule has 3 aromatic rings. The quantitative estimate of drug-likeness (QED) is 0.504. The van der Waals surface area contributed by atoms with Gasteiger partial charge in [-0.25, -0.2) is 13.6 Å². The van der Waals surface area contributed by atoms with E-state index in [0.29, 0.717) is 17.9 Å². The Kier molecular flexibility index (Phi) is 4.61. The van der Waals surface area contributed by atoms with Crippen LogP contribution in [0.15, 0.2) is 42.5 Å². The highest BCUT2D eigenvalue weighted by atomic mass is 32.2. The SMILES string of the molecule is NS(=O)(=O)CC[C@@H]1NC(=O)C2Cc3c([nH]c4ccccc34)[C@@H](c3ccc4c(c3)OCO4)N2C1=O. The molecule has 0 saturated carbocycles. The van der Waals surface area contributed by atoms with E-state index in [1.807, 2.05) is 36.4 Å². The number of benzene rings is 2. The molecule has 3 atom stereocenters. The number of aromatic nitrogens is 1. The number of H-pyrrole nitrogens is 1. The zero-order valence-electron chi connectivity index (χ0n) is 18.0. The molecule has 0 bridgehead atoms. The number of fused-ring (bicyclic) bond motifs is 5. The van der Waals surface area contributed by atoms with Crippen LogP contribution in [-0.2, 0) is 26.0 Å². The Balaban J connectivity index is 1.49. The van der Waals surface area contributed by atoms with Crippen LogP contribution in [0.4, 0.5) is 0 Å². The van der Waals surface area contributed by atoms with E-state index in [0.717, 1.165) is 27.7 Å². The van der Waals surface area contributed by atoms with E-state index in [1.54, 1.807) is 11.0 Å². The molecule has 10 nitrogen and oxygen atoms in total. The van der Waals surface area contributed by atoms with Crippen molar-refractivity contribution in [3.63, 3.8) is 0 Å². The van der Waals surface area contributed by atoms with Crippen molar-refractivity contribution < 1.29 is 27.5 Å². The fraction of sp³-hybridized carbons (Fsp3) is 0.304. The van der Waals surface area contributed by atoms with Crippen LogP contribution in [0.5, 0.6) is 11.5 Å². The van der Waals surface area contributed by atoms with E-state index in [4.69, 9.17) is 14.6 Å². The molecule has 2 aromatic carbocycles. The largest absolute Gasteiger partial charge is 0.454 e. The second-order valence-corrected chi connectivity index (χ2v) is 10.5. The van der Waals surface area contributed by atoms with E-state index >= 15 is 0 Å². The maximum absolute atomic E-state index is 13.7. The summed E-state index contributed by atoms with van der Waals surface area (Å²) in [5.41, 5.74) is 3.47. The van der Waals surface area contributed by atoms with Gasteiger partial charge in [-0.2, -0.15) is 0 Å². The first kappa shape index (κ1) is 21.0. The van der Waals surface area contributed by atoms with Gasteiger partial charge in [-0.3, -0.25) is 9.59 Å². The van der Waals surface area contributed by atoms with Gasteiger partial charge >= 0.3 is 0 Å². The molecule has 1 unspecified atom stereocenters. The van der Waals surface area contributed by atoms with Gasteiger partial charge < -0.3 is 24.7 Å². The fourth-order valence-corrected chi connectivity index (χ4v) is 5.75. The summed E-state index contributed by atoms with van der Waals surface area (Å²) in [5.74, 6) is 0.105. The van der Waals surface area contributed by atoms with Crippen molar-refractivity contribution in [2.24, 2.45) is 5.14 Å². The molecule has 11 heteroatoms. The van der Waals surface area contributed by atoms with E-state index in [-0.39, 0.29) is 25.0 Å². The first-order chi connectivity index (χ1) is 16.3. The topological polar surface area (TPSA) is 144 Å². The summed E-state index contributed by atoms with van der Waals surface area (Å²) in [7, 11) is -3.79.